The Morgan fingerprint density at radius 3 is 2.18 bits per heavy atom. The van der Waals surface area contributed by atoms with E-state index in [1.165, 1.54) is 0 Å². The highest BCUT2D eigenvalue weighted by molar-refractivity contribution is 5.97. The quantitative estimate of drug-likeness (QED) is 0.751. The van der Waals surface area contributed by atoms with E-state index in [9.17, 15) is 4.79 Å². The minimum absolute atomic E-state index is 0.103. The van der Waals surface area contributed by atoms with Crippen LogP contribution in [0.2, 0.25) is 0 Å². The molecule has 0 atom stereocenters. The van der Waals surface area contributed by atoms with Crippen molar-refractivity contribution in [2.24, 2.45) is 0 Å². The van der Waals surface area contributed by atoms with Gasteiger partial charge in [-0.05, 0) is 39.8 Å². The lowest BCUT2D eigenvalue weighted by Crippen LogP contribution is -2.37. The zero-order chi connectivity index (χ0) is 16.1. The summed E-state index contributed by atoms with van der Waals surface area (Å²) >= 11 is 0. The van der Waals surface area contributed by atoms with Crippen LogP contribution in [0.5, 0.6) is 0 Å². The Hall–Kier alpha value is -2.16. The first kappa shape index (κ1) is 16.2. The second-order valence-corrected chi connectivity index (χ2v) is 6.05. The summed E-state index contributed by atoms with van der Waals surface area (Å²) in [5, 5.41) is 0. The van der Waals surface area contributed by atoms with Crippen molar-refractivity contribution in [2.75, 3.05) is 4.90 Å². The zero-order valence-electron chi connectivity index (χ0n) is 13.8. The van der Waals surface area contributed by atoms with Crippen molar-refractivity contribution >= 4 is 11.6 Å². The van der Waals surface area contributed by atoms with Gasteiger partial charge in [-0.25, -0.2) is 4.98 Å². The molecule has 0 unspecified atom stereocenters. The molecule has 0 fully saturated rings. The molecule has 0 N–H and O–H groups in total. The number of nitrogens with zero attached hydrogens (tertiary/aromatic N) is 2. The van der Waals surface area contributed by atoms with Crippen molar-refractivity contribution in [3.05, 3.63) is 59.8 Å². The smallest absolute Gasteiger partial charge is 0.168 e. The maximum atomic E-state index is 12.3. The number of rotatable bonds is 6. The van der Waals surface area contributed by atoms with Gasteiger partial charge in [-0.2, -0.15) is 0 Å². The largest absolute Gasteiger partial charge is 0.352 e. The Bertz CT molecular complexity index is 612. The Morgan fingerprint density at radius 1 is 0.955 bits per heavy atom. The summed E-state index contributed by atoms with van der Waals surface area (Å²) < 4.78 is 0. The van der Waals surface area contributed by atoms with Gasteiger partial charge in [0.15, 0.2) is 5.78 Å². The highest BCUT2D eigenvalue weighted by atomic mass is 16.1. The van der Waals surface area contributed by atoms with E-state index < -0.39 is 0 Å². The standard InChI is InChI=1S/C19H24N2O/c1-14(2)21(15(3)4)19-12-8-11-17(20-19)13-18(22)16-9-6-5-7-10-16/h5-12,14-15H,13H2,1-4H3. The van der Waals surface area contributed by atoms with E-state index in [1.807, 2.05) is 48.5 Å². The van der Waals surface area contributed by atoms with Crippen LogP contribution < -0.4 is 4.90 Å². The van der Waals surface area contributed by atoms with Crippen LogP contribution in [0.25, 0.3) is 0 Å². The molecule has 1 aromatic heterocycles. The minimum atomic E-state index is 0.103. The van der Waals surface area contributed by atoms with Gasteiger partial charge < -0.3 is 4.90 Å². The van der Waals surface area contributed by atoms with Gasteiger partial charge in [-0.15, -0.1) is 0 Å². The number of anilines is 1. The summed E-state index contributed by atoms with van der Waals surface area (Å²) in [5.41, 5.74) is 1.55. The molecule has 2 aromatic rings. The molecule has 0 aliphatic carbocycles. The molecule has 0 radical (unpaired) electrons. The van der Waals surface area contributed by atoms with Crippen molar-refractivity contribution in [1.82, 2.24) is 4.98 Å². The van der Waals surface area contributed by atoms with Crippen molar-refractivity contribution < 1.29 is 4.79 Å². The fourth-order valence-corrected chi connectivity index (χ4v) is 2.73. The van der Waals surface area contributed by atoms with Crippen LogP contribution in [0.15, 0.2) is 48.5 Å². The average Bonchev–Trinajstić information content (AvgIpc) is 2.47. The van der Waals surface area contributed by atoms with Crippen molar-refractivity contribution in [2.45, 2.75) is 46.2 Å². The lowest BCUT2D eigenvalue weighted by atomic mass is 10.1. The second kappa shape index (κ2) is 7.21. The number of hydrogen-bond acceptors (Lipinski definition) is 3. The van der Waals surface area contributed by atoms with Gasteiger partial charge in [-0.3, -0.25) is 4.79 Å². The van der Waals surface area contributed by atoms with Gasteiger partial charge in [0.1, 0.15) is 5.82 Å². The molecule has 0 aliphatic rings. The van der Waals surface area contributed by atoms with E-state index >= 15 is 0 Å². The van der Waals surface area contributed by atoms with Crippen LogP contribution in [-0.4, -0.2) is 22.9 Å². The minimum Gasteiger partial charge on any atom is -0.352 e. The van der Waals surface area contributed by atoms with Gasteiger partial charge >= 0.3 is 0 Å². The number of aromatic nitrogens is 1. The van der Waals surface area contributed by atoms with Gasteiger partial charge in [0, 0.05) is 17.6 Å². The van der Waals surface area contributed by atoms with E-state index in [-0.39, 0.29) is 5.78 Å². The molecule has 0 saturated carbocycles. The lowest BCUT2D eigenvalue weighted by Gasteiger charge is -2.32. The number of carbonyl (C=O) groups excluding carboxylic acids is 1. The Morgan fingerprint density at radius 2 is 1.59 bits per heavy atom. The van der Waals surface area contributed by atoms with E-state index in [1.54, 1.807) is 0 Å². The third kappa shape index (κ3) is 3.94. The molecule has 3 heteroatoms. The molecule has 0 bridgehead atoms. The molecule has 1 heterocycles. The first-order valence-electron chi connectivity index (χ1n) is 7.81. The third-order valence-corrected chi connectivity index (χ3v) is 3.61. The molecule has 0 spiro atoms. The zero-order valence-corrected chi connectivity index (χ0v) is 13.8. The predicted octanol–water partition coefficient (Wildman–Crippen LogP) is 4.13. The van der Waals surface area contributed by atoms with Crippen molar-refractivity contribution in [3.8, 4) is 0 Å². The lowest BCUT2D eigenvalue weighted by molar-refractivity contribution is 0.0992. The molecular formula is C19H24N2O. The summed E-state index contributed by atoms with van der Waals surface area (Å²) in [6, 6.07) is 16.0. The normalized spacial score (nSPS) is 11.0. The summed E-state index contributed by atoms with van der Waals surface area (Å²) in [4.78, 5) is 19.3. The molecule has 0 amide bonds. The maximum Gasteiger partial charge on any atom is 0.168 e. The summed E-state index contributed by atoms with van der Waals surface area (Å²) in [6.07, 6.45) is 0.335. The van der Waals surface area contributed by atoms with Crippen LogP contribution in [0.4, 0.5) is 5.82 Å². The fraction of sp³-hybridized carbons (Fsp3) is 0.368. The Labute approximate surface area is 133 Å². The molecule has 1 aromatic carbocycles. The molecule has 0 aliphatic heterocycles. The van der Waals surface area contributed by atoms with Crippen LogP contribution in [0.1, 0.15) is 43.7 Å². The second-order valence-electron chi connectivity index (χ2n) is 6.05. The van der Waals surface area contributed by atoms with E-state index in [2.05, 4.69) is 37.6 Å². The van der Waals surface area contributed by atoms with E-state index in [4.69, 9.17) is 0 Å². The molecule has 116 valence electrons. The topological polar surface area (TPSA) is 33.2 Å². The van der Waals surface area contributed by atoms with E-state index in [0.717, 1.165) is 17.1 Å². The predicted molar refractivity (Wildman–Crippen MR) is 91.5 cm³/mol. The summed E-state index contributed by atoms with van der Waals surface area (Å²) in [6.45, 7) is 8.62. The summed E-state index contributed by atoms with van der Waals surface area (Å²) in [7, 11) is 0. The molecular weight excluding hydrogens is 272 g/mol. The number of pyridine rings is 1. The van der Waals surface area contributed by atoms with Crippen LogP contribution >= 0.6 is 0 Å². The number of benzene rings is 1. The molecule has 22 heavy (non-hydrogen) atoms. The average molecular weight is 296 g/mol. The molecule has 0 saturated heterocycles. The van der Waals surface area contributed by atoms with Gasteiger partial charge in [-0.1, -0.05) is 36.4 Å². The van der Waals surface area contributed by atoms with Crippen molar-refractivity contribution in [3.63, 3.8) is 0 Å². The SMILES string of the molecule is CC(C)N(c1cccc(CC(=O)c2ccccc2)n1)C(C)C. The molecule has 3 nitrogen and oxygen atoms in total. The number of carbonyl (C=O) groups is 1. The molecule has 2 rings (SSSR count). The first-order chi connectivity index (χ1) is 10.5. The third-order valence-electron chi connectivity index (χ3n) is 3.61. The highest BCUT2D eigenvalue weighted by Crippen LogP contribution is 2.18. The summed E-state index contributed by atoms with van der Waals surface area (Å²) in [5.74, 6) is 1.04. The van der Waals surface area contributed by atoms with E-state index in [0.29, 0.717) is 18.5 Å². The van der Waals surface area contributed by atoms with Crippen molar-refractivity contribution in [1.29, 1.82) is 0 Å². The van der Waals surface area contributed by atoms with Gasteiger partial charge in [0.05, 0.1) is 12.1 Å². The number of Topliss-reactive ketones (excluding diaryl/α,β-unsaturated/α-hetero) is 1. The monoisotopic (exact) mass is 296 g/mol. The van der Waals surface area contributed by atoms with Crippen LogP contribution in [0.3, 0.4) is 0 Å². The van der Waals surface area contributed by atoms with Gasteiger partial charge in [0.25, 0.3) is 0 Å². The number of hydrogen-bond donors (Lipinski definition) is 0. The Balaban J connectivity index is 2.20. The van der Waals surface area contributed by atoms with Gasteiger partial charge in [0.2, 0.25) is 0 Å². The fourth-order valence-electron chi connectivity index (χ4n) is 2.73. The number of ketones is 1. The van der Waals surface area contributed by atoms with Crippen LogP contribution in [-0.2, 0) is 6.42 Å². The van der Waals surface area contributed by atoms with Crippen LogP contribution in [0, 0.1) is 0 Å². The maximum absolute atomic E-state index is 12.3. The Kier molecular flexibility index (Phi) is 5.31. The first-order valence-corrected chi connectivity index (χ1v) is 7.81. The highest BCUT2D eigenvalue weighted by Gasteiger charge is 2.16.